The third-order valence-corrected chi connectivity index (χ3v) is 54.5. The molecule has 0 atom stereocenters. The summed E-state index contributed by atoms with van der Waals surface area (Å²) in [5.41, 5.74) is 0. The Morgan fingerprint density at radius 3 is 1.25 bits per heavy atom. The standard InChI is InChI=1S/C32H72O9S12Si3/c1-10-33-54(18-9,34-11-2)41-25-29-53(50-47-42-26-24-32-22-20-19-21-23-32,51-48-45-43-27-30-55(35-12-3,36-13-4)37-14-5)52-49-46-44-28-31-56(38-15-6,39-16-7)40-17-8/h32H,10-31H2,1-9H3. The van der Waals surface area contributed by atoms with Gasteiger partial charge in [0.25, 0.3) is 0 Å². The molecule has 0 aliphatic heterocycles. The predicted molar refractivity (Wildman–Crippen MR) is 278 cm³/mol. The van der Waals surface area contributed by atoms with Gasteiger partial charge in [-0.3, -0.25) is 0 Å². The highest BCUT2D eigenvalue weighted by Crippen LogP contribution is 2.88. The summed E-state index contributed by atoms with van der Waals surface area (Å²) in [7, 11) is 12.0. The van der Waals surface area contributed by atoms with E-state index in [1.165, 1.54) is 44.3 Å². The van der Waals surface area contributed by atoms with E-state index in [0.717, 1.165) is 41.3 Å². The molecule has 0 unspecified atom stereocenters. The van der Waals surface area contributed by atoms with Crippen LogP contribution in [0.5, 0.6) is 0 Å². The SMILES string of the molecule is CCO[Si](CC)(OCC)OCCS(SSSCCC1CCCCC1)(SSSSCC[Si](OCC)(OCC)OCC)SSSSCC[Si](OCC)(OCC)OCC. The first-order valence-corrected chi connectivity index (χ1v) is 42.8. The monoisotopic (exact) mass is 1070 g/mol. The van der Waals surface area contributed by atoms with Crippen LogP contribution < -0.4 is 0 Å². The molecule has 1 rings (SSSR count). The van der Waals surface area contributed by atoms with Gasteiger partial charge in [0.15, 0.2) is 0 Å². The molecular formula is C32H72O9S12Si3. The van der Waals surface area contributed by atoms with Gasteiger partial charge in [-0.15, -0.1) is 0 Å². The minimum absolute atomic E-state index is 0.595. The Morgan fingerprint density at radius 2 is 0.839 bits per heavy atom. The molecule has 56 heavy (non-hydrogen) atoms. The van der Waals surface area contributed by atoms with Gasteiger partial charge in [-0.1, -0.05) is 78.5 Å². The van der Waals surface area contributed by atoms with Crippen molar-refractivity contribution in [3.05, 3.63) is 0 Å². The Balaban J connectivity index is 3.08. The molecule has 0 N–H and O–H groups in total. The highest BCUT2D eigenvalue weighted by molar-refractivity contribution is 9.74. The summed E-state index contributed by atoms with van der Waals surface area (Å²) in [6.07, 6.45) is 8.36. The van der Waals surface area contributed by atoms with Crippen LogP contribution in [0.15, 0.2) is 0 Å². The lowest BCUT2D eigenvalue weighted by molar-refractivity contribution is 0.0721. The van der Waals surface area contributed by atoms with E-state index < -0.39 is 33.5 Å². The molecule has 0 bridgehead atoms. The number of hydrogen-bond acceptors (Lipinski definition) is 20. The average Bonchev–Trinajstić information content (AvgIpc) is 3.18. The van der Waals surface area contributed by atoms with Crippen molar-refractivity contribution in [2.75, 3.05) is 82.5 Å². The summed E-state index contributed by atoms with van der Waals surface area (Å²) in [6, 6.07) is 2.37. The van der Waals surface area contributed by atoms with E-state index in [0.29, 0.717) is 59.5 Å². The molecule has 9 nitrogen and oxygen atoms in total. The van der Waals surface area contributed by atoms with E-state index in [1.807, 2.05) is 157 Å². The number of hydrogen-bond donors (Lipinski definition) is 0. The van der Waals surface area contributed by atoms with Gasteiger partial charge < -0.3 is 39.8 Å². The lowest BCUT2D eigenvalue weighted by Crippen LogP contribution is -2.46. The molecule has 1 saturated carbocycles. The zero-order valence-electron chi connectivity index (χ0n) is 35.2. The molecule has 0 heterocycles. The van der Waals surface area contributed by atoms with E-state index in [2.05, 4.69) is 16.7 Å². The van der Waals surface area contributed by atoms with Crippen molar-refractivity contribution >= 4 is 145 Å². The Morgan fingerprint density at radius 1 is 0.446 bits per heavy atom. The Bertz CT molecular complexity index is 840. The lowest BCUT2D eigenvalue weighted by Gasteiger charge is -2.35. The zero-order valence-corrected chi connectivity index (χ0v) is 48.0. The van der Waals surface area contributed by atoms with Crippen LogP contribution in [-0.2, 0) is 39.8 Å². The molecule has 0 amide bonds. The maximum atomic E-state index is 6.67. The quantitative estimate of drug-likeness (QED) is 0.0331. The second kappa shape index (κ2) is 37.7. The summed E-state index contributed by atoms with van der Waals surface area (Å²) in [6.45, 7) is 23.7. The molecule has 0 saturated heterocycles. The van der Waals surface area contributed by atoms with Crippen LogP contribution in [0, 0.1) is 5.92 Å². The Labute approximate surface area is 387 Å². The topological polar surface area (TPSA) is 83.1 Å². The fourth-order valence-corrected chi connectivity index (χ4v) is 62.7. The van der Waals surface area contributed by atoms with Crippen molar-refractivity contribution in [1.29, 1.82) is 0 Å². The van der Waals surface area contributed by atoms with Crippen molar-refractivity contribution < 1.29 is 39.8 Å². The molecular weight excluding hydrogens is 997 g/mol. The van der Waals surface area contributed by atoms with Crippen molar-refractivity contribution in [3.63, 3.8) is 0 Å². The molecule has 1 fully saturated rings. The molecule has 0 spiro atoms. The number of rotatable bonds is 41. The van der Waals surface area contributed by atoms with Gasteiger partial charge in [-0.05, 0) is 146 Å². The van der Waals surface area contributed by atoms with Gasteiger partial charge in [0, 0.05) is 101 Å². The Hall–Kier alpha value is 4.49. The fraction of sp³-hybridized carbons (Fsp3) is 1.00. The molecule has 0 radical (unpaired) electrons. The highest BCUT2D eigenvalue weighted by atomic mass is 34.2. The van der Waals surface area contributed by atoms with Crippen LogP contribution in [0.4, 0.5) is 0 Å². The maximum absolute atomic E-state index is 6.67. The van der Waals surface area contributed by atoms with E-state index >= 15 is 0 Å². The third-order valence-electron chi connectivity index (χ3n) is 7.91. The predicted octanol–water partition coefficient (Wildman–Crippen LogP) is 15.0. The first kappa shape index (κ1) is 58.5. The van der Waals surface area contributed by atoms with Crippen LogP contribution in [0.25, 0.3) is 0 Å². The minimum atomic E-state index is -2.73. The second-order valence-corrected chi connectivity index (χ2v) is 46.9. The smallest absolute Gasteiger partial charge is 0.374 e. The molecule has 1 aliphatic carbocycles. The zero-order chi connectivity index (χ0) is 41.3. The summed E-state index contributed by atoms with van der Waals surface area (Å²) in [5, 5.41) is 0. The van der Waals surface area contributed by atoms with Crippen molar-refractivity contribution in [1.82, 2.24) is 0 Å². The molecule has 0 aromatic rings. The largest absolute Gasteiger partial charge is 0.501 e. The van der Waals surface area contributed by atoms with Gasteiger partial charge >= 0.3 is 26.4 Å². The minimum Gasteiger partial charge on any atom is -0.374 e. The maximum Gasteiger partial charge on any atom is 0.501 e. The van der Waals surface area contributed by atoms with Crippen LogP contribution in [-0.4, -0.2) is 109 Å². The van der Waals surface area contributed by atoms with Crippen molar-refractivity contribution in [2.24, 2.45) is 5.92 Å². The van der Waals surface area contributed by atoms with Gasteiger partial charge in [0.05, 0.1) is 0 Å². The van der Waals surface area contributed by atoms with Crippen LogP contribution in [0.3, 0.4) is 0 Å². The van der Waals surface area contributed by atoms with Crippen LogP contribution in [0.2, 0.25) is 18.1 Å². The Kier molecular flexibility index (Phi) is 39.4. The highest BCUT2D eigenvalue weighted by Gasteiger charge is 2.42. The normalized spacial score (nSPS) is 15.2. The molecule has 0 aromatic heterocycles. The van der Waals surface area contributed by atoms with Gasteiger partial charge in [-0.25, -0.2) is 0 Å². The molecule has 1 aliphatic rings. The molecule has 338 valence electrons. The summed E-state index contributed by atoms with van der Waals surface area (Å²) in [5.74, 6) is 4.85. The first-order chi connectivity index (χ1) is 27.2. The molecule has 0 aromatic carbocycles. The van der Waals surface area contributed by atoms with E-state index in [1.54, 1.807) is 0 Å². The lowest BCUT2D eigenvalue weighted by atomic mass is 9.88. The second-order valence-electron chi connectivity index (χ2n) is 11.8. The van der Waals surface area contributed by atoms with Crippen LogP contribution in [0.1, 0.15) is 101 Å². The summed E-state index contributed by atoms with van der Waals surface area (Å²) in [4.78, 5) is 0. The van der Waals surface area contributed by atoms with Crippen molar-refractivity contribution in [2.45, 2.75) is 119 Å². The van der Waals surface area contributed by atoms with Crippen LogP contribution >= 0.6 is 118 Å². The van der Waals surface area contributed by atoms with Crippen molar-refractivity contribution in [3.8, 4) is 0 Å². The van der Waals surface area contributed by atoms with Gasteiger partial charge in [-0.2, -0.15) is 0 Å². The average molecular weight is 1070 g/mol. The molecule has 24 heteroatoms. The van der Waals surface area contributed by atoms with E-state index in [-0.39, 0.29) is 0 Å². The fourth-order valence-electron chi connectivity index (χ4n) is 5.64. The third kappa shape index (κ3) is 25.8. The summed E-state index contributed by atoms with van der Waals surface area (Å²) >= 11 is 0. The van der Waals surface area contributed by atoms with E-state index in [4.69, 9.17) is 39.8 Å². The first-order valence-electron chi connectivity index (χ1n) is 20.1. The summed E-state index contributed by atoms with van der Waals surface area (Å²) < 4.78 is 55.8. The van der Waals surface area contributed by atoms with Gasteiger partial charge in [0.2, 0.25) is 0 Å². The van der Waals surface area contributed by atoms with Gasteiger partial charge in [0.1, 0.15) is 0 Å². The van der Waals surface area contributed by atoms with E-state index in [9.17, 15) is 0 Å².